The lowest BCUT2D eigenvalue weighted by Crippen LogP contribution is -2.42. The molecule has 0 heterocycles. The molecule has 0 saturated carbocycles. The van der Waals surface area contributed by atoms with Gasteiger partial charge in [-0.3, -0.25) is 0 Å². The molecule has 2 rings (SSSR count). The van der Waals surface area contributed by atoms with Gasteiger partial charge in [-0.25, -0.2) is 9.59 Å². The van der Waals surface area contributed by atoms with Crippen molar-refractivity contribution in [1.29, 1.82) is 0 Å². The molecule has 0 saturated heterocycles. The molecule has 27 heavy (non-hydrogen) atoms. The Balaban J connectivity index is 2.20. The van der Waals surface area contributed by atoms with Gasteiger partial charge in [0.25, 0.3) is 0 Å². The van der Waals surface area contributed by atoms with Crippen molar-refractivity contribution in [2.24, 2.45) is 0 Å². The van der Waals surface area contributed by atoms with Crippen molar-refractivity contribution < 1.29 is 24.2 Å². The lowest BCUT2D eigenvalue weighted by Gasteiger charge is -2.36. The first-order valence-corrected chi connectivity index (χ1v) is 8.89. The van der Waals surface area contributed by atoms with Crippen molar-refractivity contribution in [2.45, 2.75) is 51.7 Å². The molecule has 0 radical (unpaired) electrons. The summed E-state index contributed by atoms with van der Waals surface area (Å²) in [5.74, 6) is -0.731. The Morgan fingerprint density at radius 2 is 1.74 bits per heavy atom. The number of aromatic carboxylic acids is 1. The summed E-state index contributed by atoms with van der Waals surface area (Å²) in [7, 11) is 0. The minimum atomic E-state index is -0.953. The summed E-state index contributed by atoms with van der Waals surface area (Å²) in [5, 5.41) is 10.8. The molecule has 0 aliphatic heterocycles. The van der Waals surface area contributed by atoms with Crippen molar-refractivity contribution >= 4 is 22.7 Å². The molecule has 0 aliphatic rings. The molecule has 0 aromatic heterocycles. The zero-order valence-corrected chi connectivity index (χ0v) is 16.2. The van der Waals surface area contributed by atoms with Crippen LogP contribution < -0.4 is 4.74 Å². The first-order chi connectivity index (χ1) is 12.6. The number of carboxylic acids is 1. The monoisotopic (exact) mass is 370 g/mol. The normalized spacial score (nSPS) is 13.6. The number of fused-ring (bicyclic) bond motifs is 1. The molecule has 2 aromatic rings. The predicted molar refractivity (Wildman–Crippen MR) is 105 cm³/mol. The van der Waals surface area contributed by atoms with Gasteiger partial charge in [-0.15, -0.1) is 0 Å². The van der Waals surface area contributed by atoms with Crippen LogP contribution in [-0.4, -0.2) is 28.2 Å². The van der Waals surface area contributed by atoms with E-state index in [4.69, 9.17) is 14.6 Å². The first kappa shape index (κ1) is 20.5. The zero-order chi connectivity index (χ0) is 20.2. The summed E-state index contributed by atoms with van der Waals surface area (Å²) in [6, 6.07) is 10.5. The van der Waals surface area contributed by atoms with Crippen molar-refractivity contribution in [3.8, 4) is 5.75 Å². The van der Waals surface area contributed by atoms with Crippen LogP contribution in [0.4, 0.5) is 0 Å². The number of esters is 1. The zero-order valence-electron chi connectivity index (χ0n) is 16.2. The molecule has 0 amide bonds. The van der Waals surface area contributed by atoms with Crippen LogP contribution in [-0.2, 0) is 9.53 Å². The maximum atomic E-state index is 11.6. The van der Waals surface area contributed by atoms with E-state index in [0.717, 1.165) is 16.8 Å². The molecule has 1 unspecified atom stereocenters. The number of hydrogen-bond donors (Lipinski definition) is 1. The summed E-state index contributed by atoms with van der Waals surface area (Å²) < 4.78 is 11.7. The third-order valence-electron chi connectivity index (χ3n) is 4.51. The number of carbonyl (C=O) groups is 2. The van der Waals surface area contributed by atoms with Gasteiger partial charge in [0.1, 0.15) is 17.0 Å². The summed E-state index contributed by atoms with van der Waals surface area (Å²) in [6.07, 6.45) is 2.32. The fourth-order valence-electron chi connectivity index (χ4n) is 3.19. The van der Waals surface area contributed by atoms with Crippen molar-refractivity contribution in [2.75, 3.05) is 0 Å². The Labute approximate surface area is 159 Å². The van der Waals surface area contributed by atoms with Gasteiger partial charge in [0.2, 0.25) is 0 Å². The summed E-state index contributed by atoms with van der Waals surface area (Å²) in [5.41, 5.74) is -0.998. The highest BCUT2D eigenvalue weighted by molar-refractivity contribution is 5.94. The number of hydrogen-bond acceptors (Lipinski definition) is 4. The number of carbonyl (C=O) groups excluding carboxylic acids is 1. The van der Waals surface area contributed by atoms with E-state index in [1.165, 1.54) is 0 Å². The Hall–Kier alpha value is -2.82. The second-order valence-electron chi connectivity index (χ2n) is 7.50. The predicted octanol–water partition coefficient (Wildman–Crippen LogP) is 4.98. The highest BCUT2D eigenvalue weighted by Crippen LogP contribution is 2.32. The molecule has 5 heteroatoms. The highest BCUT2D eigenvalue weighted by atomic mass is 16.6. The molecule has 0 bridgehead atoms. The lowest BCUT2D eigenvalue weighted by molar-refractivity contribution is -0.156. The molecule has 0 fully saturated rings. The van der Waals surface area contributed by atoms with Gasteiger partial charge in [0.05, 0.1) is 5.56 Å². The van der Waals surface area contributed by atoms with Gasteiger partial charge >= 0.3 is 11.9 Å². The molecule has 2 aromatic carbocycles. The molecule has 1 N–H and O–H groups in total. The Kier molecular flexibility index (Phi) is 5.94. The molecule has 0 aliphatic carbocycles. The SMILES string of the molecule is C=CC(=O)OC(C)(CC)CC(C)(C)Oc1ccc2cc(C(=O)O)ccc2c1. The van der Waals surface area contributed by atoms with E-state index in [-0.39, 0.29) is 5.56 Å². The van der Waals surface area contributed by atoms with E-state index in [0.29, 0.717) is 18.6 Å². The molecule has 0 spiro atoms. The van der Waals surface area contributed by atoms with E-state index >= 15 is 0 Å². The number of rotatable bonds is 8. The first-order valence-electron chi connectivity index (χ1n) is 8.89. The molecule has 1 atom stereocenters. The third-order valence-corrected chi connectivity index (χ3v) is 4.51. The largest absolute Gasteiger partial charge is 0.488 e. The second-order valence-corrected chi connectivity index (χ2v) is 7.50. The van der Waals surface area contributed by atoms with E-state index in [9.17, 15) is 9.59 Å². The third kappa shape index (κ3) is 5.33. The van der Waals surface area contributed by atoms with Gasteiger partial charge < -0.3 is 14.6 Å². The van der Waals surface area contributed by atoms with E-state index in [1.807, 2.05) is 45.9 Å². The van der Waals surface area contributed by atoms with Crippen LogP contribution in [0.3, 0.4) is 0 Å². The lowest BCUT2D eigenvalue weighted by atomic mass is 9.88. The number of ether oxygens (including phenoxy) is 2. The van der Waals surface area contributed by atoms with Gasteiger partial charge in [-0.05, 0) is 62.2 Å². The smallest absolute Gasteiger partial charge is 0.335 e. The average Bonchev–Trinajstić information content (AvgIpc) is 2.59. The quantitative estimate of drug-likeness (QED) is 0.524. The summed E-state index contributed by atoms with van der Waals surface area (Å²) in [4.78, 5) is 22.7. The maximum Gasteiger partial charge on any atom is 0.335 e. The van der Waals surface area contributed by atoms with Gasteiger partial charge in [0, 0.05) is 12.5 Å². The minimum absolute atomic E-state index is 0.249. The van der Waals surface area contributed by atoms with Crippen LogP contribution in [0.5, 0.6) is 5.75 Å². The van der Waals surface area contributed by atoms with Crippen LogP contribution in [0.1, 0.15) is 50.9 Å². The summed E-state index contributed by atoms with van der Waals surface area (Å²) in [6.45, 7) is 11.2. The number of carboxylic acid groups (broad SMARTS) is 1. The standard InChI is InChI=1S/C22H26O5/c1-6-19(23)27-22(5,7-2)14-21(3,4)26-18-11-10-15-12-17(20(24)25)9-8-16(15)13-18/h6,8-13H,1,7,14H2,2-5H3,(H,24,25). The maximum absolute atomic E-state index is 11.6. The van der Waals surface area contributed by atoms with Crippen LogP contribution in [0.15, 0.2) is 49.1 Å². The Bertz CT molecular complexity index is 868. The van der Waals surface area contributed by atoms with Crippen LogP contribution >= 0.6 is 0 Å². The van der Waals surface area contributed by atoms with E-state index < -0.39 is 23.1 Å². The summed E-state index contributed by atoms with van der Waals surface area (Å²) >= 11 is 0. The minimum Gasteiger partial charge on any atom is -0.488 e. The molecular formula is C22H26O5. The van der Waals surface area contributed by atoms with Gasteiger partial charge in [-0.1, -0.05) is 25.6 Å². The Morgan fingerprint density at radius 3 is 2.33 bits per heavy atom. The molecule has 144 valence electrons. The van der Waals surface area contributed by atoms with Crippen molar-refractivity contribution in [1.82, 2.24) is 0 Å². The van der Waals surface area contributed by atoms with E-state index in [1.54, 1.807) is 18.2 Å². The number of benzene rings is 2. The topological polar surface area (TPSA) is 72.8 Å². The second kappa shape index (κ2) is 7.82. The van der Waals surface area contributed by atoms with E-state index in [2.05, 4.69) is 6.58 Å². The average molecular weight is 370 g/mol. The Morgan fingerprint density at radius 1 is 1.11 bits per heavy atom. The van der Waals surface area contributed by atoms with Crippen LogP contribution in [0.25, 0.3) is 10.8 Å². The fraction of sp³-hybridized carbons (Fsp3) is 0.364. The van der Waals surface area contributed by atoms with Crippen LogP contribution in [0, 0.1) is 0 Å². The van der Waals surface area contributed by atoms with Gasteiger partial charge in [-0.2, -0.15) is 0 Å². The molecule has 5 nitrogen and oxygen atoms in total. The highest BCUT2D eigenvalue weighted by Gasteiger charge is 2.35. The fourth-order valence-corrected chi connectivity index (χ4v) is 3.19. The molecular weight excluding hydrogens is 344 g/mol. The van der Waals surface area contributed by atoms with Crippen molar-refractivity contribution in [3.63, 3.8) is 0 Å². The van der Waals surface area contributed by atoms with Crippen LogP contribution in [0.2, 0.25) is 0 Å². The van der Waals surface area contributed by atoms with Crippen molar-refractivity contribution in [3.05, 3.63) is 54.6 Å². The van der Waals surface area contributed by atoms with Gasteiger partial charge in [0.15, 0.2) is 0 Å².